The van der Waals surface area contributed by atoms with Gasteiger partial charge >= 0.3 is 35.5 Å². The van der Waals surface area contributed by atoms with Crippen molar-refractivity contribution in [3.05, 3.63) is 0 Å². The SMILES string of the molecule is CC([O])=O.[NaH]. The normalized spacial score (nSPS) is 5.00. The molecule has 0 aliphatic carbocycles. The molecule has 0 amide bonds. The van der Waals surface area contributed by atoms with Gasteiger partial charge in [0.25, 0.3) is 0 Å². The molecular weight excluding hydrogens is 79.0 g/mol. The molecule has 1 radical (unpaired) electrons. The average molecular weight is 83.0 g/mol. The topological polar surface area (TPSA) is 37.0 Å². The summed E-state index contributed by atoms with van der Waals surface area (Å²) in [5, 5.41) is 8.89. The first-order valence-corrected chi connectivity index (χ1v) is 0.908. The van der Waals surface area contributed by atoms with E-state index in [0.717, 1.165) is 6.92 Å². The third-order valence-electron chi connectivity index (χ3n) is 0. The second kappa shape index (κ2) is 4.47. The number of carbonyl (C=O) groups excluding carboxylic acids is 1. The van der Waals surface area contributed by atoms with Crippen molar-refractivity contribution in [1.82, 2.24) is 0 Å². The van der Waals surface area contributed by atoms with Crippen molar-refractivity contribution in [2.45, 2.75) is 6.92 Å². The van der Waals surface area contributed by atoms with Gasteiger partial charge < -0.3 is 0 Å². The minimum absolute atomic E-state index is 0. The number of hydrogen-bond donors (Lipinski definition) is 0. The molecule has 0 spiro atoms. The van der Waals surface area contributed by atoms with E-state index in [2.05, 4.69) is 0 Å². The minimum atomic E-state index is -1.08. The summed E-state index contributed by atoms with van der Waals surface area (Å²) in [5.41, 5.74) is 0. The summed E-state index contributed by atoms with van der Waals surface area (Å²) in [5.74, 6) is -1.08. The fourth-order valence-corrected chi connectivity index (χ4v) is 0. The quantitative estimate of drug-likeness (QED) is 0.357. The molecule has 0 bridgehead atoms. The first kappa shape index (κ1) is 9.08. The zero-order valence-corrected chi connectivity index (χ0v) is 2.32. The van der Waals surface area contributed by atoms with Crippen molar-refractivity contribution in [3.8, 4) is 0 Å². The summed E-state index contributed by atoms with van der Waals surface area (Å²) >= 11 is 0. The molecule has 3 heteroatoms. The molecule has 0 fully saturated rings. The molecule has 2 nitrogen and oxygen atoms in total. The van der Waals surface area contributed by atoms with E-state index < -0.39 is 5.97 Å². The van der Waals surface area contributed by atoms with E-state index in [0.29, 0.717) is 0 Å². The van der Waals surface area contributed by atoms with Crippen LogP contribution in [0.1, 0.15) is 6.92 Å². The maximum absolute atomic E-state index is 8.89. The summed E-state index contributed by atoms with van der Waals surface area (Å²) in [4.78, 5) is 8.89. The second-order valence-corrected chi connectivity index (χ2v) is 0.492. The zero-order valence-electron chi connectivity index (χ0n) is 2.32. The van der Waals surface area contributed by atoms with Crippen molar-refractivity contribution >= 4 is 35.5 Å². The average Bonchev–Trinajstić information content (AvgIpc) is 0.811. The van der Waals surface area contributed by atoms with E-state index in [9.17, 15) is 0 Å². The number of carbonyl (C=O) groups is 1. The van der Waals surface area contributed by atoms with Crippen LogP contribution < -0.4 is 0 Å². The Morgan fingerprint density at radius 2 is 1.60 bits per heavy atom. The van der Waals surface area contributed by atoms with E-state index in [1.165, 1.54) is 0 Å². The van der Waals surface area contributed by atoms with Crippen LogP contribution in [0.5, 0.6) is 0 Å². The Morgan fingerprint density at radius 1 is 1.60 bits per heavy atom. The Labute approximate surface area is 52.5 Å². The molecule has 0 aliphatic rings. The van der Waals surface area contributed by atoms with E-state index in [4.69, 9.17) is 9.90 Å². The second-order valence-electron chi connectivity index (χ2n) is 0.492. The Bertz CT molecular complexity index is 30.6. The van der Waals surface area contributed by atoms with Gasteiger partial charge in [-0.1, -0.05) is 0 Å². The molecule has 0 unspecified atom stereocenters. The Morgan fingerprint density at radius 3 is 1.60 bits per heavy atom. The molecule has 5 heavy (non-hydrogen) atoms. The molecule has 0 saturated heterocycles. The van der Waals surface area contributed by atoms with E-state index in [1.54, 1.807) is 0 Å². The van der Waals surface area contributed by atoms with Crippen LogP contribution in [0.25, 0.3) is 0 Å². The predicted octanol–water partition coefficient (Wildman–Crippen LogP) is -0.685. The van der Waals surface area contributed by atoms with Gasteiger partial charge in [0.05, 0.1) is 0 Å². The van der Waals surface area contributed by atoms with Crippen molar-refractivity contribution in [2.24, 2.45) is 0 Å². The van der Waals surface area contributed by atoms with Crippen LogP contribution in [0.4, 0.5) is 0 Å². The van der Waals surface area contributed by atoms with E-state index >= 15 is 0 Å². The predicted molar refractivity (Wildman–Crippen MR) is 18.5 cm³/mol. The fourth-order valence-electron chi connectivity index (χ4n) is 0. The van der Waals surface area contributed by atoms with Gasteiger partial charge in [-0.2, -0.15) is 0 Å². The van der Waals surface area contributed by atoms with Gasteiger partial charge in [-0.15, -0.1) is 0 Å². The van der Waals surface area contributed by atoms with Crippen LogP contribution >= 0.6 is 0 Å². The molecule has 0 N–H and O–H groups in total. The van der Waals surface area contributed by atoms with Gasteiger partial charge in [0, 0.05) is 6.92 Å². The number of rotatable bonds is 0. The van der Waals surface area contributed by atoms with Gasteiger partial charge in [-0.3, -0.25) is 0 Å². The van der Waals surface area contributed by atoms with Crippen LogP contribution in [0.2, 0.25) is 0 Å². The van der Waals surface area contributed by atoms with Crippen LogP contribution in [0.3, 0.4) is 0 Å². The monoisotopic (exact) mass is 83.0 g/mol. The standard InChI is InChI=1S/C2H3O2.Na.H/c1-2(3)4;;/h1H3;;. The van der Waals surface area contributed by atoms with Crippen molar-refractivity contribution in [2.75, 3.05) is 0 Å². The molecule has 0 aromatic carbocycles. The van der Waals surface area contributed by atoms with Crippen LogP contribution in [0, 0.1) is 0 Å². The first-order valence-electron chi connectivity index (χ1n) is 0.908. The van der Waals surface area contributed by atoms with Gasteiger partial charge in [0.1, 0.15) is 0 Å². The van der Waals surface area contributed by atoms with Crippen molar-refractivity contribution in [1.29, 1.82) is 0 Å². The Hall–Kier alpha value is 0.470. The third-order valence-corrected chi connectivity index (χ3v) is 0. The van der Waals surface area contributed by atoms with Gasteiger partial charge in [0.15, 0.2) is 0 Å². The van der Waals surface area contributed by atoms with Crippen LogP contribution in [0.15, 0.2) is 0 Å². The number of hydrogen-bond acceptors (Lipinski definition) is 1. The molecule has 0 atom stereocenters. The van der Waals surface area contributed by atoms with E-state index in [1.807, 2.05) is 0 Å². The Kier molecular flexibility index (Phi) is 8.11. The molecular formula is C2H4NaO2. The summed E-state index contributed by atoms with van der Waals surface area (Å²) in [6.45, 7) is 0.972. The first-order chi connectivity index (χ1) is 1.73. The van der Waals surface area contributed by atoms with Gasteiger partial charge in [-0.25, -0.2) is 9.90 Å². The summed E-state index contributed by atoms with van der Waals surface area (Å²) in [6, 6.07) is 0. The molecule has 0 saturated carbocycles. The summed E-state index contributed by atoms with van der Waals surface area (Å²) in [7, 11) is 0. The molecule has 0 aromatic heterocycles. The molecule has 25 valence electrons. The molecule has 0 rings (SSSR count). The van der Waals surface area contributed by atoms with Crippen molar-refractivity contribution in [3.63, 3.8) is 0 Å². The Balaban J connectivity index is 0. The zero-order chi connectivity index (χ0) is 3.58. The maximum atomic E-state index is 8.89. The van der Waals surface area contributed by atoms with Crippen LogP contribution in [-0.4, -0.2) is 35.5 Å². The van der Waals surface area contributed by atoms with Crippen molar-refractivity contribution < 1.29 is 9.90 Å². The summed E-state index contributed by atoms with van der Waals surface area (Å²) in [6.07, 6.45) is 0. The third kappa shape index (κ3) is 123. The van der Waals surface area contributed by atoms with E-state index in [-0.39, 0.29) is 29.6 Å². The van der Waals surface area contributed by atoms with Crippen LogP contribution in [-0.2, 0) is 9.90 Å². The fraction of sp³-hybridized carbons (Fsp3) is 0.500. The summed E-state index contributed by atoms with van der Waals surface area (Å²) < 4.78 is 0. The molecule has 0 aliphatic heterocycles. The molecule has 0 aromatic rings. The van der Waals surface area contributed by atoms with Gasteiger partial charge in [0.2, 0.25) is 0 Å². The van der Waals surface area contributed by atoms with Gasteiger partial charge in [-0.05, 0) is 0 Å². The molecule has 0 heterocycles.